The molecule has 0 aromatic heterocycles. The Morgan fingerprint density at radius 2 is 1.56 bits per heavy atom. The molecule has 4 N–H and O–H groups in total. The third-order valence-electron chi connectivity index (χ3n) is 5.44. The van der Waals surface area contributed by atoms with E-state index in [1.807, 2.05) is 32.0 Å². The van der Waals surface area contributed by atoms with Crippen molar-refractivity contribution in [1.82, 2.24) is 10.8 Å². The molecule has 3 aromatic rings. The van der Waals surface area contributed by atoms with Gasteiger partial charge in [0.05, 0.1) is 5.56 Å². The van der Waals surface area contributed by atoms with Crippen LogP contribution in [0.5, 0.6) is 0 Å². The predicted octanol–water partition coefficient (Wildman–Crippen LogP) is 5.71. The largest absolute Gasteiger partial charge is 0.416 e. The fourth-order valence-corrected chi connectivity index (χ4v) is 3.67. The number of allylic oxidation sites excluding steroid dienone is 1. The Morgan fingerprint density at radius 3 is 2.17 bits per heavy atom. The first-order valence-electron chi connectivity index (χ1n) is 10.7. The van der Waals surface area contributed by atoms with Crippen molar-refractivity contribution in [2.24, 2.45) is 0 Å². The third-order valence-corrected chi connectivity index (χ3v) is 5.44. The van der Waals surface area contributed by atoms with Crippen LogP contribution in [0.4, 0.5) is 23.2 Å². The summed E-state index contributed by atoms with van der Waals surface area (Å²) < 4.78 is 53.4. The van der Waals surface area contributed by atoms with Gasteiger partial charge < -0.3 is 10.6 Å². The number of aryl methyl sites for hydroxylation is 2. The lowest BCUT2D eigenvalue weighted by Gasteiger charge is -2.15. The van der Waals surface area contributed by atoms with Crippen LogP contribution in [0.3, 0.4) is 0 Å². The van der Waals surface area contributed by atoms with Crippen LogP contribution < -0.4 is 16.1 Å². The molecular formula is C26H23F4N3O3. The number of benzene rings is 3. The van der Waals surface area contributed by atoms with Crippen LogP contribution in [0.2, 0.25) is 0 Å². The van der Waals surface area contributed by atoms with Crippen molar-refractivity contribution < 1.29 is 32.4 Å². The van der Waals surface area contributed by atoms with Gasteiger partial charge in [0.1, 0.15) is 11.5 Å². The first-order valence-corrected chi connectivity index (χ1v) is 10.7. The molecule has 0 spiro atoms. The number of nitrogens with one attached hydrogen (secondary N) is 3. The van der Waals surface area contributed by atoms with Gasteiger partial charge in [0.15, 0.2) is 0 Å². The fourth-order valence-electron chi connectivity index (χ4n) is 3.67. The summed E-state index contributed by atoms with van der Waals surface area (Å²) in [6.07, 6.45) is -4.61. The number of hydroxylamine groups is 1. The molecule has 36 heavy (non-hydrogen) atoms. The standard InChI is InChI=1S/C26H23F4N3O3/c1-14-6-4-7-15(2)22(14)20-12-17(10-11-21(20)27)24(34)31-16(3)23(33-36)25(35)32-19-9-5-8-18(13-19)26(28,29)30/h4-13,33,36H,1-3H3,(H,31,34)(H,32,35)/b23-16-. The van der Waals surface area contributed by atoms with Gasteiger partial charge in [-0.2, -0.15) is 13.2 Å². The number of rotatable bonds is 6. The number of carbonyl (C=O) groups excluding carboxylic acids is 2. The van der Waals surface area contributed by atoms with Crippen molar-refractivity contribution in [3.8, 4) is 11.1 Å². The van der Waals surface area contributed by atoms with Gasteiger partial charge in [0.25, 0.3) is 11.8 Å². The summed E-state index contributed by atoms with van der Waals surface area (Å²) in [5.74, 6) is -2.21. The van der Waals surface area contributed by atoms with Crippen LogP contribution in [-0.4, -0.2) is 17.0 Å². The Kier molecular flexibility index (Phi) is 7.79. The number of hydrogen-bond donors (Lipinski definition) is 4. The average molecular weight is 501 g/mol. The van der Waals surface area contributed by atoms with Crippen LogP contribution in [0, 0.1) is 19.7 Å². The number of anilines is 1. The SMILES string of the molecule is C/C(NC(=O)c1ccc(F)c(-c2c(C)cccc2C)c1)=C(/NO)C(=O)Nc1cccc(C(F)(F)F)c1. The van der Waals surface area contributed by atoms with Crippen LogP contribution in [-0.2, 0) is 11.0 Å². The monoisotopic (exact) mass is 501 g/mol. The van der Waals surface area contributed by atoms with Crippen molar-refractivity contribution in [1.29, 1.82) is 0 Å². The van der Waals surface area contributed by atoms with Crippen molar-refractivity contribution >= 4 is 17.5 Å². The first kappa shape index (κ1) is 26.4. The van der Waals surface area contributed by atoms with Crippen molar-refractivity contribution in [2.45, 2.75) is 26.9 Å². The lowest BCUT2D eigenvalue weighted by Crippen LogP contribution is -2.31. The van der Waals surface area contributed by atoms with Gasteiger partial charge in [-0.15, -0.1) is 0 Å². The number of carbonyl (C=O) groups is 2. The quantitative estimate of drug-likeness (QED) is 0.198. The summed E-state index contributed by atoms with van der Waals surface area (Å²) in [5.41, 5.74) is 2.50. The van der Waals surface area contributed by atoms with Crippen LogP contribution >= 0.6 is 0 Å². The van der Waals surface area contributed by atoms with E-state index in [-0.39, 0.29) is 22.5 Å². The third kappa shape index (κ3) is 5.89. The van der Waals surface area contributed by atoms with Gasteiger partial charge in [-0.3, -0.25) is 20.3 Å². The van der Waals surface area contributed by atoms with Crippen molar-refractivity contribution in [3.05, 3.63) is 100 Å². The minimum Gasteiger partial charge on any atom is -0.324 e. The molecule has 0 saturated carbocycles. The highest BCUT2D eigenvalue weighted by Crippen LogP contribution is 2.31. The average Bonchev–Trinajstić information content (AvgIpc) is 2.80. The van der Waals surface area contributed by atoms with E-state index in [1.165, 1.54) is 25.1 Å². The molecule has 0 saturated heterocycles. The number of amides is 2. The molecule has 0 aliphatic carbocycles. The Balaban J connectivity index is 1.85. The van der Waals surface area contributed by atoms with Gasteiger partial charge in [0.2, 0.25) is 0 Å². The molecule has 188 valence electrons. The minimum absolute atomic E-state index is 0.0870. The molecule has 2 amide bonds. The van der Waals surface area contributed by atoms with E-state index >= 15 is 0 Å². The molecule has 0 bridgehead atoms. The molecule has 0 aliphatic rings. The molecule has 3 aromatic carbocycles. The van der Waals surface area contributed by atoms with Crippen LogP contribution in [0.1, 0.15) is 34.0 Å². The molecule has 3 rings (SSSR count). The smallest absolute Gasteiger partial charge is 0.324 e. The topological polar surface area (TPSA) is 90.5 Å². The van der Waals surface area contributed by atoms with E-state index in [1.54, 1.807) is 5.48 Å². The molecule has 0 radical (unpaired) electrons. The Hall–Kier alpha value is -4.18. The number of alkyl halides is 3. The Labute approximate surface area is 204 Å². The predicted molar refractivity (Wildman–Crippen MR) is 126 cm³/mol. The normalized spacial score (nSPS) is 12.0. The van der Waals surface area contributed by atoms with E-state index in [9.17, 15) is 32.4 Å². The summed E-state index contributed by atoms with van der Waals surface area (Å²) in [7, 11) is 0. The zero-order chi connectivity index (χ0) is 26.6. The zero-order valence-corrected chi connectivity index (χ0v) is 19.5. The molecule has 0 atom stereocenters. The molecule has 0 aliphatic heterocycles. The lowest BCUT2D eigenvalue weighted by molar-refractivity contribution is -0.137. The van der Waals surface area contributed by atoms with Crippen molar-refractivity contribution in [2.75, 3.05) is 5.32 Å². The maximum atomic E-state index is 14.6. The molecular weight excluding hydrogens is 478 g/mol. The van der Waals surface area contributed by atoms with E-state index in [2.05, 4.69) is 10.6 Å². The zero-order valence-electron chi connectivity index (χ0n) is 19.5. The number of hydrogen-bond acceptors (Lipinski definition) is 4. The van der Waals surface area contributed by atoms with Gasteiger partial charge in [-0.05, 0) is 73.9 Å². The highest BCUT2D eigenvalue weighted by atomic mass is 19.4. The number of halogens is 4. The van der Waals surface area contributed by atoms with E-state index < -0.39 is 35.1 Å². The summed E-state index contributed by atoms with van der Waals surface area (Å²) in [4.78, 5) is 25.4. The van der Waals surface area contributed by atoms with E-state index in [0.29, 0.717) is 5.56 Å². The van der Waals surface area contributed by atoms with Crippen LogP contribution in [0.25, 0.3) is 11.1 Å². The summed E-state index contributed by atoms with van der Waals surface area (Å²) in [5, 5.41) is 14.1. The van der Waals surface area contributed by atoms with Crippen molar-refractivity contribution in [3.63, 3.8) is 0 Å². The van der Waals surface area contributed by atoms with Gasteiger partial charge in [-0.25, -0.2) is 4.39 Å². The van der Waals surface area contributed by atoms with E-state index in [0.717, 1.165) is 35.4 Å². The highest BCUT2D eigenvalue weighted by Gasteiger charge is 2.30. The summed E-state index contributed by atoms with van der Waals surface area (Å²) in [6.45, 7) is 4.95. The van der Waals surface area contributed by atoms with Gasteiger partial charge >= 0.3 is 6.18 Å². The second kappa shape index (κ2) is 10.6. The summed E-state index contributed by atoms with van der Waals surface area (Å²) >= 11 is 0. The molecule has 0 unspecified atom stereocenters. The van der Waals surface area contributed by atoms with E-state index in [4.69, 9.17) is 0 Å². The molecule has 10 heteroatoms. The Bertz CT molecular complexity index is 1330. The van der Waals surface area contributed by atoms with Gasteiger partial charge in [-0.1, -0.05) is 24.3 Å². The Morgan fingerprint density at radius 1 is 0.917 bits per heavy atom. The molecule has 6 nitrogen and oxygen atoms in total. The molecule has 0 fully saturated rings. The lowest BCUT2D eigenvalue weighted by atomic mass is 9.94. The maximum Gasteiger partial charge on any atom is 0.416 e. The van der Waals surface area contributed by atoms with Crippen LogP contribution in [0.15, 0.2) is 72.1 Å². The first-order chi connectivity index (χ1) is 16.9. The molecule has 0 heterocycles. The second-order valence-electron chi connectivity index (χ2n) is 8.06. The fraction of sp³-hybridized carbons (Fsp3) is 0.154. The van der Waals surface area contributed by atoms with Gasteiger partial charge in [0, 0.05) is 22.5 Å². The summed E-state index contributed by atoms with van der Waals surface area (Å²) in [6, 6.07) is 13.2. The maximum absolute atomic E-state index is 14.6. The second-order valence-corrected chi connectivity index (χ2v) is 8.06. The highest BCUT2D eigenvalue weighted by molar-refractivity contribution is 6.04. The minimum atomic E-state index is -4.61.